The molecule has 1 heterocycles. The lowest BCUT2D eigenvalue weighted by Gasteiger charge is -2.16. The van der Waals surface area contributed by atoms with Crippen LogP contribution in [0.3, 0.4) is 0 Å². The van der Waals surface area contributed by atoms with Gasteiger partial charge in [0.05, 0.1) is 5.56 Å². The molecule has 0 N–H and O–H groups in total. The van der Waals surface area contributed by atoms with Gasteiger partial charge in [-0.15, -0.1) is 0 Å². The van der Waals surface area contributed by atoms with Crippen LogP contribution in [0.25, 0.3) is 0 Å². The van der Waals surface area contributed by atoms with Gasteiger partial charge in [-0.05, 0) is 30.9 Å². The van der Waals surface area contributed by atoms with Gasteiger partial charge in [0, 0.05) is 13.1 Å². The van der Waals surface area contributed by atoms with E-state index in [1.165, 1.54) is 6.07 Å². The number of hydrogen-bond acceptors (Lipinski definition) is 1. The Labute approximate surface area is 101 Å². The highest BCUT2D eigenvalue weighted by Gasteiger charge is 2.30. The van der Waals surface area contributed by atoms with Crippen molar-refractivity contribution in [3.05, 3.63) is 35.1 Å². The fourth-order valence-electron chi connectivity index (χ4n) is 2.27. The minimum atomic E-state index is -0.423. The summed E-state index contributed by atoms with van der Waals surface area (Å²) >= 11 is 0. The number of benzene rings is 1. The molecule has 2 unspecified atom stereocenters. The molecule has 0 bridgehead atoms. The number of rotatable bonds is 1. The molecule has 1 aliphatic rings. The highest BCUT2D eigenvalue weighted by Crippen LogP contribution is 2.24. The lowest BCUT2D eigenvalue weighted by molar-refractivity contribution is 0.0780. The second kappa shape index (κ2) is 4.47. The summed E-state index contributed by atoms with van der Waals surface area (Å²) in [6.45, 7) is 7.58. The lowest BCUT2D eigenvalue weighted by atomic mass is 10.0. The van der Waals surface area contributed by atoms with Crippen LogP contribution in [0, 0.1) is 24.6 Å². The normalized spacial score (nSPS) is 24.1. The van der Waals surface area contributed by atoms with Crippen LogP contribution >= 0.6 is 0 Å². The second-order valence-corrected chi connectivity index (χ2v) is 5.15. The predicted molar refractivity (Wildman–Crippen MR) is 65.4 cm³/mol. The van der Waals surface area contributed by atoms with E-state index in [0.717, 1.165) is 18.7 Å². The Bertz CT molecular complexity index is 434. The molecule has 1 amide bonds. The van der Waals surface area contributed by atoms with Crippen LogP contribution < -0.4 is 0 Å². The summed E-state index contributed by atoms with van der Waals surface area (Å²) in [7, 11) is 0. The monoisotopic (exact) mass is 235 g/mol. The maximum absolute atomic E-state index is 13.6. The highest BCUT2D eigenvalue weighted by molar-refractivity contribution is 5.94. The lowest BCUT2D eigenvalue weighted by Crippen LogP contribution is -2.29. The number of nitrogens with zero attached hydrogens (tertiary/aromatic N) is 1. The zero-order valence-electron chi connectivity index (χ0n) is 10.5. The fourth-order valence-corrected chi connectivity index (χ4v) is 2.27. The first kappa shape index (κ1) is 12.1. The molecular formula is C14H18FNO. The Morgan fingerprint density at radius 2 is 1.88 bits per heavy atom. The van der Waals surface area contributed by atoms with Crippen molar-refractivity contribution in [2.45, 2.75) is 20.8 Å². The zero-order valence-corrected chi connectivity index (χ0v) is 10.5. The number of hydrogen-bond donors (Lipinski definition) is 0. The van der Waals surface area contributed by atoms with E-state index < -0.39 is 5.82 Å². The first-order valence-electron chi connectivity index (χ1n) is 6.04. The molecule has 2 nitrogen and oxygen atoms in total. The van der Waals surface area contributed by atoms with Gasteiger partial charge >= 0.3 is 0 Å². The van der Waals surface area contributed by atoms with Crippen molar-refractivity contribution in [1.82, 2.24) is 4.90 Å². The summed E-state index contributed by atoms with van der Waals surface area (Å²) in [4.78, 5) is 14.0. The van der Waals surface area contributed by atoms with Gasteiger partial charge in [-0.25, -0.2) is 4.39 Å². The van der Waals surface area contributed by atoms with Crippen LogP contribution in [0.15, 0.2) is 18.2 Å². The summed E-state index contributed by atoms with van der Waals surface area (Å²) in [6.07, 6.45) is 0. The van der Waals surface area contributed by atoms with Crippen LogP contribution in [-0.2, 0) is 0 Å². The van der Waals surface area contributed by atoms with Gasteiger partial charge in [0.1, 0.15) is 5.82 Å². The number of likely N-dealkylation sites (tertiary alicyclic amines) is 1. The van der Waals surface area contributed by atoms with Crippen molar-refractivity contribution < 1.29 is 9.18 Å². The number of carbonyl (C=O) groups is 1. The molecule has 1 saturated heterocycles. The van der Waals surface area contributed by atoms with Gasteiger partial charge in [-0.2, -0.15) is 0 Å². The van der Waals surface area contributed by atoms with Crippen molar-refractivity contribution in [1.29, 1.82) is 0 Å². The molecule has 1 fully saturated rings. The Hall–Kier alpha value is -1.38. The standard InChI is InChI=1S/C14H18FNO/c1-9-4-5-13(15)12(6-9)14(17)16-7-10(2)11(3)8-16/h4-6,10-11H,7-8H2,1-3H3. The summed E-state index contributed by atoms with van der Waals surface area (Å²) in [5.41, 5.74) is 1.11. The van der Waals surface area contributed by atoms with Gasteiger partial charge in [0.25, 0.3) is 5.91 Å². The first-order chi connectivity index (χ1) is 7.99. The molecule has 1 aliphatic heterocycles. The molecule has 1 aromatic carbocycles. The fraction of sp³-hybridized carbons (Fsp3) is 0.500. The third kappa shape index (κ3) is 2.33. The molecular weight excluding hydrogens is 217 g/mol. The zero-order chi connectivity index (χ0) is 12.6. The van der Waals surface area contributed by atoms with Gasteiger partial charge in [-0.1, -0.05) is 25.5 Å². The van der Waals surface area contributed by atoms with Gasteiger partial charge in [-0.3, -0.25) is 4.79 Å². The molecule has 0 spiro atoms. The SMILES string of the molecule is Cc1ccc(F)c(C(=O)N2CC(C)C(C)C2)c1. The molecule has 3 heteroatoms. The van der Waals surface area contributed by atoms with Crippen molar-refractivity contribution in [2.75, 3.05) is 13.1 Å². The van der Waals surface area contributed by atoms with Crippen LogP contribution in [0.1, 0.15) is 29.8 Å². The molecule has 0 radical (unpaired) electrons. The topological polar surface area (TPSA) is 20.3 Å². The Kier molecular flexibility index (Phi) is 3.18. The number of halogens is 1. The molecule has 0 saturated carbocycles. The third-order valence-electron chi connectivity index (χ3n) is 3.63. The maximum atomic E-state index is 13.6. The smallest absolute Gasteiger partial charge is 0.256 e. The van der Waals surface area contributed by atoms with Crippen LogP contribution in [0.5, 0.6) is 0 Å². The first-order valence-corrected chi connectivity index (χ1v) is 6.04. The molecule has 92 valence electrons. The van der Waals surface area contributed by atoms with E-state index in [-0.39, 0.29) is 11.5 Å². The Balaban J connectivity index is 2.23. The Morgan fingerprint density at radius 1 is 1.29 bits per heavy atom. The van der Waals surface area contributed by atoms with Crippen LogP contribution in [0.2, 0.25) is 0 Å². The van der Waals surface area contributed by atoms with Crippen LogP contribution in [0.4, 0.5) is 4.39 Å². The third-order valence-corrected chi connectivity index (χ3v) is 3.63. The molecule has 0 aliphatic carbocycles. The van der Waals surface area contributed by atoms with Crippen LogP contribution in [-0.4, -0.2) is 23.9 Å². The van der Waals surface area contributed by atoms with Gasteiger partial charge in [0.2, 0.25) is 0 Å². The van der Waals surface area contributed by atoms with E-state index >= 15 is 0 Å². The summed E-state index contributed by atoms with van der Waals surface area (Å²) in [6, 6.07) is 4.68. The van der Waals surface area contributed by atoms with E-state index in [0.29, 0.717) is 11.8 Å². The number of carbonyl (C=O) groups excluding carboxylic acids is 1. The van der Waals surface area contributed by atoms with Gasteiger partial charge < -0.3 is 4.90 Å². The summed E-state index contributed by atoms with van der Waals surface area (Å²) in [5, 5.41) is 0. The second-order valence-electron chi connectivity index (χ2n) is 5.15. The highest BCUT2D eigenvalue weighted by atomic mass is 19.1. The van der Waals surface area contributed by atoms with E-state index in [2.05, 4.69) is 13.8 Å². The molecule has 2 rings (SSSR count). The van der Waals surface area contributed by atoms with Crippen molar-refractivity contribution in [3.8, 4) is 0 Å². The minimum Gasteiger partial charge on any atom is -0.338 e. The van der Waals surface area contributed by atoms with Crippen molar-refractivity contribution in [3.63, 3.8) is 0 Å². The number of amides is 1. The summed E-state index contributed by atoms with van der Waals surface area (Å²) in [5.74, 6) is 0.383. The minimum absolute atomic E-state index is 0.178. The molecule has 1 aromatic rings. The molecule has 0 aromatic heterocycles. The largest absolute Gasteiger partial charge is 0.338 e. The van der Waals surface area contributed by atoms with E-state index in [4.69, 9.17) is 0 Å². The average molecular weight is 235 g/mol. The predicted octanol–water partition coefficient (Wildman–Crippen LogP) is 2.86. The van der Waals surface area contributed by atoms with Crippen molar-refractivity contribution >= 4 is 5.91 Å². The molecule has 2 atom stereocenters. The summed E-state index contributed by atoms with van der Waals surface area (Å²) < 4.78 is 13.6. The van der Waals surface area contributed by atoms with Gasteiger partial charge in [0.15, 0.2) is 0 Å². The average Bonchev–Trinajstić information content (AvgIpc) is 2.62. The van der Waals surface area contributed by atoms with Crippen molar-refractivity contribution in [2.24, 2.45) is 11.8 Å². The van der Waals surface area contributed by atoms with E-state index in [9.17, 15) is 9.18 Å². The maximum Gasteiger partial charge on any atom is 0.256 e. The Morgan fingerprint density at radius 3 is 2.47 bits per heavy atom. The number of aryl methyl sites for hydroxylation is 1. The quantitative estimate of drug-likeness (QED) is 0.733. The van der Waals surface area contributed by atoms with E-state index in [1.54, 1.807) is 17.0 Å². The molecule has 17 heavy (non-hydrogen) atoms. The van der Waals surface area contributed by atoms with E-state index in [1.807, 2.05) is 6.92 Å².